The number of fused-ring (bicyclic) bond motifs is 1. The summed E-state index contributed by atoms with van der Waals surface area (Å²) in [6, 6.07) is 8.33. The largest absolute Gasteiger partial charge is 0.462 e. The van der Waals surface area contributed by atoms with Crippen molar-refractivity contribution in [2.24, 2.45) is 11.8 Å². The van der Waals surface area contributed by atoms with Crippen LogP contribution in [0.3, 0.4) is 0 Å². The molecule has 3 amide bonds. The Hall–Kier alpha value is -3.00. The molecule has 1 aliphatic carbocycles. The lowest BCUT2D eigenvalue weighted by Crippen LogP contribution is -2.28. The molecule has 1 N–H and O–H groups in total. The summed E-state index contributed by atoms with van der Waals surface area (Å²) in [5.41, 5.74) is 1.01. The molecule has 0 bridgehead atoms. The van der Waals surface area contributed by atoms with E-state index < -0.39 is 5.97 Å². The smallest absolute Gasteiger partial charge is 0.341 e. The number of amides is 3. The van der Waals surface area contributed by atoms with Crippen molar-refractivity contribution in [2.45, 2.75) is 65.3 Å². The highest BCUT2D eigenvalue weighted by atomic mass is 32.1. The monoisotopic (exact) mass is 496 g/mol. The van der Waals surface area contributed by atoms with Gasteiger partial charge in [0.1, 0.15) is 5.00 Å². The number of nitrogens with one attached hydrogen (secondary N) is 1. The summed E-state index contributed by atoms with van der Waals surface area (Å²) < 4.78 is 5.19. The van der Waals surface area contributed by atoms with E-state index in [0.29, 0.717) is 26.9 Å². The Balaban J connectivity index is 1.47. The number of nitrogens with zero attached hydrogens (tertiary/aromatic N) is 1. The van der Waals surface area contributed by atoms with Crippen molar-refractivity contribution in [2.75, 3.05) is 11.9 Å². The first-order valence-electron chi connectivity index (χ1n) is 12.5. The van der Waals surface area contributed by atoms with Gasteiger partial charge in [-0.2, -0.15) is 0 Å². The van der Waals surface area contributed by atoms with Crippen molar-refractivity contribution in [1.29, 1.82) is 0 Å². The Morgan fingerprint density at radius 1 is 1.06 bits per heavy atom. The molecule has 1 aromatic carbocycles. The van der Waals surface area contributed by atoms with E-state index in [1.54, 1.807) is 37.3 Å². The van der Waals surface area contributed by atoms with Crippen LogP contribution in [0.2, 0.25) is 0 Å². The summed E-state index contributed by atoms with van der Waals surface area (Å²) in [6.45, 7) is 4.16. The van der Waals surface area contributed by atoms with Crippen LogP contribution < -0.4 is 5.32 Å². The first-order valence-corrected chi connectivity index (χ1v) is 13.3. The highest BCUT2D eigenvalue weighted by molar-refractivity contribution is 7.16. The van der Waals surface area contributed by atoms with Gasteiger partial charge in [0.15, 0.2) is 0 Å². The van der Waals surface area contributed by atoms with E-state index in [9.17, 15) is 19.2 Å². The van der Waals surface area contributed by atoms with Crippen LogP contribution in [0.25, 0.3) is 0 Å². The molecule has 0 spiro atoms. The van der Waals surface area contributed by atoms with E-state index in [1.807, 2.05) is 0 Å². The SMILES string of the molecule is CCCCC1CCC(C(=O)Nc2sc(CN3C(=O)c4ccccc4C3=O)cc2C(=O)OCC)CC1. The van der Waals surface area contributed by atoms with Gasteiger partial charge < -0.3 is 10.1 Å². The van der Waals surface area contributed by atoms with Crippen LogP contribution in [0.1, 0.15) is 94.7 Å². The fraction of sp³-hybridized carbons (Fsp3) is 0.481. The molecule has 186 valence electrons. The number of hydrogen-bond donors (Lipinski definition) is 1. The molecular formula is C27H32N2O5S. The summed E-state index contributed by atoms with van der Waals surface area (Å²) in [5, 5.41) is 3.36. The molecule has 0 unspecified atom stereocenters. The average Bonchev–Trinajstić information content (AvgIpc) is 3.37. The van der Waals surface area contributed by atoms with Crippen LogP contribution >= 0.6 is 11.3 Å². The maximum absolute atomic E-state index is 13.1. The molecule has 2 aromatic rings. The molecule has 0 saturated heterocycles. The zero-order chi connectivity index (χ0) is 24.9. The van der Waals surface area contributed by atoms with Crippen LogP contribution in [-0.4, -0.2) is 35.2 Å². The summed E-state index contributed by atoms with van der Waals surface area (Å²) in [7, 11) is 0. The second kappa shape index (κ2) is 11.2. The molecule has 7 nitrogen and oxygen atoms in total. The summed E-state index contributed by atoms with van der Waals surface area (Å²) in [4.78, 5) is 53.0. The van der Waals surface area contributed by atoms with E-state index in [2.05, 4.69) is 12.2 Å². The minimum absolute atomic E-state index is 0.0296. The highest BCUT2D eigenvalue weighted by Gasteiger charge is 2.36. The lowest BCUT2D eigenvalue weighted by atomic mass is 9.79. The van der Waals surface area contributed by atoms with Crippen LogP contribution in [0, 0.1) is 11.8 Å². The van der Waals surface area contributed by atoms with Gasteiger partial charge >= 0.3 is 5.97 Å². The van der Waals surface area contributed by atoms with E-state index in [4.69, 9.17) is 4.74 Å². The van der Waals surface area contributed by atoms with Crippen LogP contribution in [0.4, 0.5) is 5.00 Å². The number of carbonyl (C=O) groups excluding carboxylic acids is 4. The highest BCUT2D eigenvalue weighted by Crippen LogP contribution is 2.35. The van der Waals surface area contributed by atoms with Gasteiger partial charge in [0.25, 0.3) is 11.8 Å². The quantitative estimate of drug-likeness (QED) is 0.357. The first kappa shape index (κ1) is 25.1. The lowest BCUT2D eigenvalue weighted by molar-refractivity contribution is -0.121. The minimum Gasteiger partial charge on any atom is -0.462 e. The number of rotatable bonds is 9. The van der Waals surface area contributed by atoms with Crippen molar-refractivity contribution < 1.29 is 23.9 Å². The average molecular weight is 497 g/mol. The van der Waals surface area contributed by atoms with E-state index in [1.165, 1.54) is 35.5 Å². The van der Waals surface area contributed by atoms with Gasteiger partial charge in [0.2, 0.25) is 5.91 Å². The predicted molar refractivity (Wildman–Crippen MR) is 135 cm³/mol. The molecular weight excluding hydrogens is 464 g/mol. The molecule has 2 heterocycles. The number of imide groups is 1. The Bertz CT molecular complexity index is 1080. The number of esters is 1. The van der Waals surface area contributed by atoms with E-state index in [0.717, 1.165) is 25.7 Å². The molecule has 1 saturated carbocycles. The molecule has 1 fully saturated rings. The first-order chi connectivity index (χ1) is 16.9. The zero-order valence-electron chi connectivity index (χ0n) is 20.3. The zero-order valence-corrected chi connectivity index (χ0v) is 21.1. The van der Waals surface area contributed by atoms with Crippen molar-refractivity contribution >= 4 is 40.0 Å². The van der Waals surface area contributed by atoms with Gasteiger partial charge in [-0.1, -0.05) is 38.3 Å². The van der Waals surface area contributed by atoms with Gasteiger partial charge in [-0.05, 0) is 56.7 Å². The minimum atomic E-state index is -0.532. The Morgan fingerprint density at radius 3 is 2.31 bits per heavy atom. The Kier molecular flexibility index (Phi) is 8.00. The van der Waals surface area contributed by atoms with Gasteiger partial charge in [0.05, 0.1) is 29.8 Å². The maximum Gasteiger partial charge on any atom is 0.341 e. The van der Waals surface area contributed by atoms with E-state index in [-0.39, 0.29) is 42.4 Å². The third-order valence-corrected chi connectivity index (χ3v) is 7.93. The Labute approximate surface area is 209 Å². The number of ether oxygens (including phenoxy) is 1. The molecule has 0 radical (unpaired) electrons. The van der Waals surface area contributed by atoms with Gasteiger partial charge in [0, 0.05) is 10.8 Å². The molecule has 1 aromatic heterocycles. The van der Waals surface area contributed by atoms with Crippen molar-refractivity contribution in [3.63, 3.8) is 0 Å². The van der Waals surface area contributed by atoms with Crippen LogP contribution in [0.5, 0.6) is 0 Å². The fourth-order valence-electron chi connectivity index (χ4n) is 4.93. The van der Waals surface area contributed by atoms with Crippen molar-refractivity contribution in [3.8, 4) is 0 Å². The number of thiophene rings is 1. The standard InChI is InChI=1S/C27H32N2O5S/c1-3-5-8-17-11-13-18(14-12-17)23(30)28-24-22(27(33)34-4-2)15-19(35-24)16-29-25(31)20-9-6-7-10-21(20)26(29)32/h6-7,9-10,15,17-18H,3-5,8,11-14,16H2,1-2H3,(H,28,30). The van der Waals surface area contributed by atoms with Crippen molar-refractivity contribution in [1.82, 2.24) is 4.90 Å². The normalized spacial score (nSPS) is 19.5. The number of unbranched alkanes of at least 4 members (excludes halogenated alkanes) is 1. The Morgan fingerprint density at radius 2 is 1.71 bits per heavy atom. The topological polar surface area (TPSA) is 92.8 Å². The third-order valence-electron chi connectivity index (χ3n) is 6.89. The summed E-state index contributed by atoms with van der Waals surface area (Å²) in [6.07, 6.45) is 7.46. The molecule has 1 aliphatic heterocycles. The van der Waals surface area contributed by atoms with Crippen LogP contribution in [-0.2, 0) is 16.1 Å². The molecule has 4 rings (SSSR count). The second-order valence-corrected chi connectivity index (χ2v) is 10.4. The maximum atomic E-state index is 13.1. The molecule has 2 aliphatic rings. The summed E-state index contributed by atoms with van der Waals surface area (Å²) >= 11 is 1.21. The van der Waals surface area contributed by atoms with Gasteiger partial charge in [-0.3, -0.25) is 19.3 Å². The number of benzene rings is 1. The number of anilines is 1. The molecule has 35 heavy (non-hydrogen) atoms. The molecule has 8 heteroatoms. The fourth-order valence-corrected chi connectivity index (χ4v) is 5.97. The predicted octanol–water partition coefficient (Wildman–Crippen LogP) is 5.66. The second-order valence-electron chi connectivity index (χ2n) is 9.27. The lowest BCUT2D eigenvalue weighted by Gasteiger charge is -2.27. The van der Waals surface area contributed by atoms with Crippen molar-refractivity contribution in [3.05, 3.63) is 51.9 Å². The van der Waals surface area contributed by atoms with Gasteiger partial charge in [-0.15, -0.1) is 11.3 Å². The number of hydrogen-bond acceptors (Lipinski definition) is 6. The van der Waals surface area contributed by atoms with Gasteiger partial charge in [-0.25, -0.2) is 4.79 Å². The third kappa shape index (κ3) is 5.48. The van der Waals surface area contributed by atoms with Crippen LogP contribution in [0.15, 0.2) is 30.3 Å². The molecule has 0 atom stereocenters. The van der Waals surface area contributed by atoms with E-state index >= 15 is 0 Å². The summed E-state index contributed by atoms with van der Waals surface area (Å²) in [5.74, 6) is -0.717. The number of carbonyl (C=O) groups is 4.